The molecule has 0 aliphatic carbocycles. The van der Waals surface area contributed by atoms with E-state index in [-0.39, 0.29) is 6.04 Å². The average Bonchev–Trinajstić information content (AvgIpc) is 2.98. The highest BCUT2D eigenvalue weighted by atomic mass is 35.5. The molecule has 0 amide bonds. The summed E-state index contributed by atoms with van der Waals surface area (Å²) in [6.45, 7) is 0.989. The van der Waals surface area contributed by atoms with E-state index in [1.807, 2.05) is 0 Å². The molecule has 6 heteroatoms. The SMILES string of the molecule is COc1ccc(Cl)cc1-c1noc([C@H]2CCCCN2)n1. The van der Waals surface area contributed by atoms with Crippen molar-refractivity contribution in [2.24, 2.45) is 0 Å². The van der Waals surface area contributed by atoms with E-state index in [0.29, 0.717) is 22.5 Å². The van der Waals surface area contributed by atoms with Crippen LogP contribution in [-0.2, 0) is 0 Å². The van der Waals surface area contributed by atoms with Crippen LogP contribution in [0.1, 0.15) is 31.2 Å². The van der Waals surface area contributed by atoms with Gasteiger partial charge in [-0.05, 0) is 37.6 Å². The Morgan fingerprint density at radius 3 is 3.05 bits per heavy atom. The molecule has 106 valence electrons. The second-order valence-electron chi connectivity index (χ2n) is 4.80. The molecule has 2 aromatic rings. The minimum absolute atomic E-state index is 0.148. The van der Waals surface area contributed by atoms with E-state index in [4.69, 9.17) is 20.9 Å². The van der Waals surface area contributed by atoms with E-state index < -0.39 is 0 Å². The number of piperidine rings is 1. The van der Waals surface area contributed by atoms with Crippen molar-refractivity contribution in [3.05, 3.63) is 29.1 Å². The Balaban J connectivity index is 1.91. The first-order valence-corrected chi connectivity index (χ1v) is 7.06. The van der Waals surface area contributed by atoms with Gasteiger partial charge in [-0.2, -0.15) is 4.98 Å². The lowest BCUT2D eigenvalue weighted by atomic mass is 10.1. The maximum atomic E-state index is 6.03. The van der Waals surface area contributed by atoms with E-state index in [2.05, 4.69) is 15.5 Å². The van der Waals surface area contributed by atoms with Gasteiger partial charge in [0.15, 0.2) is 0 Å². The van der Waals surface area contributed by atoms with E-state index in [0.717, 1.165) is 18.5 Å². The number of rotatable bonds is 3. The predicted molar refractivity (Wildman–Crippen MR) is 75.9 cm³/mol. The van der Waals surface area contributed by atoms with Crippen LogP contribution < -0.4 is 10.1 Å². The van der Waals surface area contributed by atoms with Crippen molar-refractivity contribution in [1.82, 2.24) is 15.5 Å². The number of hydrogen-bond donors (Lipinski definition) is 1. The summed E-state index contributed by atoms with van der Waals surface area (Å²) in [5.41, 5.74) is 0.741. The Morgan fingerprint density at radius 1 is 1.40 bits per heavy atom. The van der Waals surface area contributed by atoms with Crippen LogP contribution in [0.25, 0.3) is 11.4 Å². The minimum atomic E-state index is 0.148. The smallest absolute Gasteiger partial charge is 0.244 e. The molecule has 1 N–H and O–H groups in total. The number of hydrogen-bond acceptors (Lipinski definition) is 5. The largest absolute Gasteiger partial charge is 0.496 e. The second kappa shape index (κ2) is 5.81. The van der Waals surface area contributed by atoms with Gasteiger partial charge in [-0.1, -0.05) is 23.2 Å². The lowest BCUT2D eigenvalue weighted by Crippen LogP contribution is -2.26. The zero-order valence-corrected chi connectivity index (χ0v) is 12.0. The fourth-order valence-corrected chi connectivity index (χ4v) is 2.58. The number of nitrogens with zero attached hydrogens (tertiary/aromatic N) is 2. The molecular formula is C14H16ClN3O2. The lowest BCUT2D eigenvalue weighted by Gasteiger charge is -2.19. The molecule has 3 rings (SSSR count). The second-order valence-corrected chi connectivity index (χ2v) is 5.24. The zero-order valence-electron chi connectivity index (χ0n) is 11.2. The number of methoxy groups -OCH3 is 1. The van der Waals surface area contributed by atoms with Crippen LogP contribution in [0.2, 0.25) is 5.02 Å². The van der Waals surface area contributed by atoms with Crippen LogP contribution in [0.15, 0.2) is 22.7 Å². The molecule has 0 radical (unpaired) electrons. The molecule has 1 aliphatic rings. The Labute approximate surface area is 122 Å². The summed E-state index contributed by atoms with van der Waals surface area (Å²) in [6, 6.07) is 5.50. The third-order valence-electron chi connectivity index (χ3n) is 3.45. The van der Waals surface area contributed by atoms with Crippen LogP contribution in [-0.4, -0.2) is 23.8 Å². The summed E-state index contributed by atoms with van der Waals surface area (Å²) in [5, 5.41) is 8.05. The first-order valence-electron chi connectivity index (χ1n) is 6.69. The fraction of sp³-hybridized carbons (Fsp3) is 0.429. The molecule has 0 saturated carbocycles. The molecule has 1 fully saturated rings. The summed E-state index contributed by atoms with van der Waals surface area (Å²) in [7, 11) is 1.61. The van der Waals surface area contributed by atoms with Crippen molar-refractivity contribution in [2.75, 3.05) is 13.7 Å². The summed E-state index contributed by atoms with van der Waals surface area (Å²) >= 11 is 6.03. The molecule has 1 aromatic carbocycles. The van der Waals surface area contributed by atoms with Gasteiger partial charge >= 0.3 is 0 Å². The van der Waals surface area contributed by atoms with Gasteiger partial charge < -0.3 is 14.6 Å². The third kappa shape index (κ3) is 2.64. The van der Waals surface area contributed by atoms with Crippen molar-refractivity contribution < 1.29 is 9.26 Å². The van der Waals surface area contributed by atoms with Gasteiger partial charge in [-0.25, -0.2) is 0 Å². The summed E-state index contributed by atoms with van der Waals surface area (Å²) in [6.07, 6.45) is 3.39. The molecule has 0 spiro atoms. The lowest BCUT2D eigenvalue weighted by molar-refractivity contribution is 0.297. The Morgan fingerprint density at radius 2 is 2.30 bits per heavy atom. The van der Waals surface area contributed by atoms with Gasteiger partial charge in [0.2, 0.25) is 11.7 Å². The molecule has 0 unspecified atom stereocenters. The maximum Gasteiger partial charge on any atom is 0.244 e. The van der Waals surface area contributed by atoms with Crippen molar-refractivity contribution in [1.29, 1.82) is 0 Å². The van der Waals surface area contributed by atoms with E-state index in [9.17, 15) is 0 Å². The number of aromatic nitrogens is 2. The molecule has 1 aliphatic heterocycles. The van der Waals surface area contributed by atoms with Crippen molar-refractivity contribution in [2.45, 2.75) is 25.3 Å². The summed E-state index contributed by atoms with van der Waals surface area (Å²) in [5.74, 6) is 1.81. The zero-order chi connectivity index (χ0) is 13.9. The molecule has 1 atom stereocenters. The van der Waals surface area contributed by atoms with E-state index >= 15 is 0 Å². The first-order chi connectivity index (χ1) is 9.78. The highest BCUT2D eigenvalue weighted by Crippen LogP contribution is 2.32. The first kappa shape index (κ1) is 13.4. The van der Waals surface area contributed by atoms with Gasteiger partial charge in [0.05, 0.1) is 18.7 Å². The third-order valence-corrected chi connectivity index (χ3v) is 3.69. The quantitative estimate of drug-likeness (QED) is 0.941. The van der Waals surface area contributed by atoms with Crippen molar-refractivity contribution in [3.8, 4) is 17.1 Å². The summed E-state index contributed by atoms with van der Waals surface area (Å²) in [4.78, 5) is 4.47. The fourth-order valence-electron chi connectivity index (χ4n) is 2.40. The van der Waals surface area contributed by atoms with E-state index in [1.54, 1.807) is 25.3 Å². The van der Waals surface area contributed by atoms with Crippen molar-refractivity contribution in [3.63, 3.8) is 0 Å². The van der Waals surface area contributed by atoms with Crippen LogP contribution in [0.5, 0.6) is 5.75 Å². The number of nitrogens with one attached hydrogen (secondary N) is 1. The van der Waals surface area contributed by atoms with Gasteiger partial charge in [-0.15, -0.1) is 0 Å². The van der Waals surface area contributed by atoms with Crippen molar-refractivity contribution >= 4 is 11.6 Å². The maximum absolute atomic E-state index is 6.03. The highest BCUT2D eigenvalue weighted by molar-refractivity contribution is 6.30. The molecular weight excluding hydrogens is 278 g/mol. The highest BCUT2D eigenvalue weighted by Gasteiger charge is 2.22. The number of halogens is 1. The summed E-state index contributed by atoms with van der Waals surface area (Å²) < 4.78 is 10.7. The Hall–Kier alpha value is -1.59. The van der Waals surface area contributed by atoms with Crippen LogP contribution >= 0.6 is 11.6 Å². The molecule has 20 heavy (non-hydrogen) atoms. The standard InChI is InChI=1S/C14H16ClN3O2/c1-19-12-6-5-9(15)8-10(12)13-17-14(20-18-13)11-4-2-3-7-16-11/h5-6,8,11,16H,2-4,7H2,1H3/t11-/m1/s1. The Kier molecular flexibility index (Phi) is 3.89. The molecule has 1 saturated heterocycles. The topological polar surface area (TPSA) is 60.2 Å². The van der Waals surface area contributed by atoms with Crippen LogP contribution in [0.4, 0.5) is 0 Å². The van der Waals surface area contributed by atoms with Crippen LogP contribution in [0.3, 0.4) is 0 Å². The number of ether oxygens (including phenoxy) is 1. The molecule has 2 heterocycles. The minimum Gasteiger partial charge on any atom is -0.496 e. The van der Waals surface area contributed by atoms with Gasteiger partial charge in [0.25, 0.3) is 0 Å². The van der Waals surface area contributed by atoms with Gasteiger partial charge in [0.1, 0.15) is 5.75 Å². The Bertz CT molecular complexity index is 594. The van der Waals surface area contributed by atoms with Gasteiger partial charge in [-0.3, -0.25) is 0 Å². The predicted octanol–water partition coefficient (Wildman–Crippen LogP) is 3.21. The normalized spacial score (nSPS) is 19.0. The monoisotopic (exact) mass is 293 g/mol. The number of benzene rings is 1. The van der Waals surface area contributed by atoms with Crippen LogP contribution in [0, 0.1) is 0 Å². The molecule has 0 bridgehead atoms. The van der Waals surface area contributed by atoms with Gasteiger partial charge in [0, 0.05) is 5.02 Å². The molecule has 5 nitrogen and oxygen atoms in total. The average molecular weight is 294 g/mol. The van der Waals surface area contributed by atoms with E-state index in [1.165, 1.54) is 12.8 Å². The molecule has 1 aromatic heterocycles.